The Kier molecular flexibility index (Phi) is 4.24. The first-order valence-electron chi connectivity index (χ1n) is 7.44. The molecule has 3 rings (SSSR count). The van der Waals surface area contributed by atoms with E-state index in [-0.39, 0.29) is 5.78 Å². The van der Waals surface area contributed by atoms with Gasteiger partial charge in [0.25, 0.3) is 0 Å². The number of imidazole rings is 1. The van der Waals surface area contributed by atoms with Gasteiger partial charge in [0.15, 0.2) is 0 Å². The highest BCUT2D eigenvalue weighted by Crippen LogP contribution is 2.17. The molecule has 0 fully saturated rings. The van der Waals surface area contributed by atoms with Gasteiger partial charge in [-0.15, -0.1) is 0 Å². The number of hydrogen-bond donors (Lipinski definition) is 0. The van der Waals surface area contributed by atoms with Crippen LogP contribution in [0.3, 0.4) is 0 Å². The zero-order chi connectivity index (χ0) is 16.2. The fourth-order valence-electron chi connectivity index (χ4n) is 2.51. The van der Waals surface area contributed by atoms with E-state index < -0.39 is 0 Å². The minimum atomic E-state index is -0.0378. The van der Waals surface area contributed by atoms with Gasteiger partial charge in [0.05, 0.1) is 13.3 Å². The number of ketones is 1. The molecule has 4 nitrogen and oxygen atoms in total. The number of aryl methyl sites for hydroxylation is 1. The van der Waals surface area contributed by atoms with E-state index in [1.165, 1.54) is 0 Å². The Morgan fingerprint density at radius 2 is 1.78 bits per heavy atom. The molecule has 0 aliphatic heterocycles. The molecule has 0 saturated heterocycles. The van der Waals surface area contributed by atoms with Crippen LogP contribution >= 0.6 is 0 Å². The average molecular weight is 306 g/mol. The van der Waals surface area contributed by atoms with Crippen molar-refractivity contribution in [2.24, 2.45) is 0 Å². The topological polar surface area (TPSA) is 44.1 Å². The smallest absolute Gasteiger partial charge is 0.211 e. The van der Waals surface area contributed by atoms with E-state index in [2.05, 4.69) is 4.98 Å². The van der Waals surface area contributed by atoms with E-state index >= 15 is 0 Å². The molecule has 0 atom stereocenters. The standard InChI is InChI=1S/C19H18N2O2/c1-14-20-12-18(21(14)13-15-6-4-3-5-7-15)19(22)16-8-10-17(23-2)11-9-16/h3-12H,13H2,1-2H3. The number of carbonyl (C=O) groups excluding carboxylic acids is 1. The largest absolute Gasteiger partial charge is 0.497 e. The molecule has 1 heterocycles. The Morgan fingerprint density at radius 1 is 1.09 bits per heavy atom. The van der Waals surface area contributed by atoms with Crippen molar-refractivity contribution in [3.63, 3.8) is 0 Å². The normalized spacial score (nSPS) is 10.5. The first-order chi connectivity index (χ1) is 11.2. The number of rotatable bonds is 5. The molecule has 2 aromatic carbocycles. The van der Waals surface area contributed by atoms with Crippen molar-refractivity contribution >= 4 is 5.78 Å². The number of benzene rings is 2. The van der Waals surface area contributed by atoms with Gasteiger partial charge >= 0.3 is 0 Å². The second-order valence-electron chi connectivity index (χ2n) is 5.32. The molecule has 0 amide bonds. The van der Waals surface area contributed by atoms with Crippen LogP contribution in [0.4, 0.5) is 0 Å². The SMILES string of the molecule is COc1ccc(C(=O)c2cnc(C)n2Cc2ccccc2)cc1. The van der Waals surface area contributed by atoms with Gasteiger partial charge in [-0.05, 0) is 36.8 Å². The highest BCUT2D eigenvalue weighted by atomic mass is 16.5. The second-order valence-corrected chi connectivity index (χ2v) is 5.32. The molecular weight excluding hydrogens is 288 g/mol. The Balaban J connectivity index is 1.92. The minimum Gasteiger partial charge on any atom is -0.497 e. The Bertz CT molecular complexity index is 805. The van der Waals surface area contributed by atoms with Crippen LogP contribution in [0.1, 0.15) is 27.4 Å². The summed E-state index contributed by atoms with van der Waals surface area (Å²) in [5.41, 5.74) is 2.36. The lowest BCUT2D eigenvalue weighted by Gasteiger charge is -2.10. The van der Waals surface area contributed by atoms with Crippen LogP contribution in [-0.2, 0) is 6.54 Å². The molecular formula is C19H18N2O2. The fraction of sp³-hybridized carbons (Fsp3) is 0.158. The maximum atomic E-state index is 12.8. The zero-order valence-corrected chi connectivity index (χ0v) is 13.2. The van der Waals surface area contributed by atoms with E-state index in [9.17, 15) is 4.79 Å². The predicted molar refractivity (Wildman–Crippen MR) is 88.9 cm³/mol. The third kappa shape index (κ3) is 3.16. The third-order valence-corrected chi connectivity index (χ3v) is 3.82. The van der Waals surface area contributed by atoms with E-state index in [0.717, 1.165) is 17.1 Å². The summed E-state index contributed by atoms with van der Waals surface area (Å²) in [6, 6.07) is 17.2. The number of ether oxygens (including phenoxy) is 1. The summed E-state index contributed by atoms with van der Waals surface area (Å²) in [5.74, 6) is 1.52. The van der Waals surface area contributed by atoms with E-state index in [0.29, 0.717) is 17.8 Å². The maximum absolute atomic E-state index is 12.8. The molecule has 1 aromatic heterocycles. The van der Waals surface area contributed by atoms with Gasteiger partial charge in [0.2, 0.25) is 5.78 Å². The molecule has 0 radical (unpaired) electrons. The maximum Gasteiger partial charge on any atom is 0.211 e. The van der Waals surface area contributed by atoms with E-state index in [1.54, 1.807) is 37.6 Å². The van der Waals surface area contributed by atoms with Crippen molar-refractivity contribution in [2.75, 3.05) is 7.11 Å². The Labute approximate surface area is 135 Å². The average Bonchev–Trinajstić information content (AvgIpc) is 2.96. The Hall–Kier alpha value is -2.88. The first-order valence-corrected chi connectivity index (χ1v) is 7.44. The summed E-state index contributed by atoms with van der Waals surface area (Å²) in [6.07, 6.45) is 1.64. The van der Waals surface area contributed by atoms with Crippen LogP contribution in [0, 0.1) is 6.92 Å². The molecule has 0 spiro atoms. The summed E-state index contributed by atoms with van der Waals surface area (Å²) >= 11 is 0. The van der Waals surface area contributed by atoms with Gasteiger partial charge in [-0.3, -0.25) is 4.79 Å². The number of carbonyl (C=O) groups is 1. The minimum absolute atomic E-state index is 0.0378. The summed E-state index contributed by atoms with van der Waals surface area (Å²) in [4.78, 5) is 17.1. The Morgan fingerprint density at radius 3 is 2.43 bits per heavy atom. The van der Waals surface area contributed by atoms with Crippen molar-refractivity contribution in [2.45, 2.75) is 13.5 Å². The molecule has 0 aliphatic rings. The third-order valence-electron chi connectivity index (χ3n) is 3.82. The molecule has 0 bridgehead atoms. The monoisotopic (exact) mass is 306 g/mol. The molecule has 116 valence electrons. The van der Waals surface area contributed by atoms with Gasteiger partial charge < -0.3 is 9.30 Å². The highest BCUT2D eigenvalue weighted by molar-refractivity contribution is 6.07. The summed E-state index contributed by atoms with van der Waals surface area (Å²) in [6.45, 7) is 2.54. The lowest BCUT2D eigenvalue weighted by molar-refractivity contribution is 0.103. The van der Waals surface area contributed by atoms with Gasteiger partial charge in [0, 0.05) is 12.1 Å². The van der Waals surface area contributed by atoms with Gasteiger partial charge in [0.1, 0.15) is 17.3 Å². The predicted octanol–water partition coefficient (Wildman–Crippen LogP) is 3.48. The molecule has 0 saturated carbocycles. The van der Waals surface area contributed by atoms with E-state index in [1.807, 2.05) is 41.8 Å². The molecule has 0 N–H and O–H groups in total. The number of methoxy groups -OCH3 is 1. The van der Waals surface area contributed by atoms with Crippen LogP contribution in [-0.4, -0.2) is 22.4 Å². The van der Waals surface area contributed by atoms with Gasteiger partial charge in [-0.1, -0.05) is 30.3 Å². The van der Waals surface area contributed by atoms with Gasteiger partial charge in [-0.25, -0.2) is 4.98 Å². The van der Waals surface area contributed by atoms with Crippen molar-refractivity contribution < 1.29 is 9.53 Å². The number of hydrogen-bond acceptors (Lipinski definition) is 3. The lowest BCUT2D eigenvalue weighted by atomic mass is 10.1. The van der Waals surface area contributed by atoms with E-state index in [4.69, 9.17) is 4.74 Å². The van der Waals surface area contributed by atoms with Crippen LogP contribution in [0.15, 0.2) is 60.8 Å². The molecule has 0 unspecified atom stereocenters. The lowest BCUT2D eigenvalue weighted by Crippen LogP contribution is -2.12. The van der Waals surface area contributed by atoms with Crippen LogP contribution in [0.2, 0.25) is 0 Å². The molecule has 4 heteroatoms. The molecule has 3 aromatic rings. The summed E-state index contributed by atoms with van der Waals surface area (Å²) in [5, 5.41) is 0. The van der Waals surface area contributed by atoms with Crippen molar-refractivity contribution in [3.05, 3.63) is 83.4 Å². The van der Waals surface area contributed by atoms with Gasteiger partial charge in [-0.2, -0.15) is 0 Å². The highest BCUT2D eigenvalue weighted by Gasteiger charge is 2.16. The quantitative estimate of drug-likeness (QED) is 0.678. The number of aromatic nitrogens is 2. The van der Waals surface area contributed by atoms with Crippen molar-refractivity contribution in [3.8, 4) is 5.75 Å². The van der Waals surface area contributed by atoms with Crippen molar-refractivity contribution in [1.29, 1.82) is 0 Å². The van der Waals surface area contributed by atoms with Crippen LogP contribution < -0.4 is 4.74 Å². The zero-order valence-electron chi connectivity index (χ0n) is 13.2. The van der Waals surface area contributed by atoms with Crippen molar-refractivity contribution in [1.82, 2.24) is 9.55 Å². The first kappa shape index (κ1) is 15.0. The fourth-order valence-corrected chi connectivity index (χ4v) is 2.51. The summed E-state index contributed by atoms with van der Waals surface area (Å²) < 4.78 is 7.08. The molecule has 23 heavy (non-hydrogen) atoms. The van der Waals surface area contributed by atoms with Crippen LogP contribution in [0.25, 0.3) is 0 Å². The second kappa shape index (κ2) is 6.48. The van der Waals surface area contributed by atoms with Crippen LogP contribution in [0.5, 0.6) is 5.75 Å². The molecule has 0 aliphatic carbocycles. The summed E-state index contributed by atoms with van der Waals surface area (Å²) in [7, 11) is 1.61. The number of nitrogens with zero attached hydrogens (tertiary/aromatic N) is 2.